The lowest BCUT2D eigenvalue weighted by Gasteiger charge is -2.06. The summed E-state index contributed by atoms with van der Waals surface area (Å²) in [5, 5.41) is 3.82. The fraction of sp³-hybridized carbons (Fsp3) is 0.118. The Balaban J connectivity index is 1.73. The highest BCUT2D eigenvalue weighted by Crippen LogP contribution is 2.18. The van der Waals surface area contributed by atoms with Crippen LogP contribution >= 0.6 is 0 Å². The van der Waals surface area contributed by atoms with Gasteiger partial charge >= 0.3 is 5.97 Å². The Morgan fingerprint density at radius 1 is 1.08 bits per heavy atom. The molecule has 0 atom stereocenters. The third-order valence-corrected chi connectivity index (χ3v) is 4.49. The molecule has 0 radical (unpaired) electrons. The monoisotopic (exact) mass is 358 g/mol. The molecule has 25 heavy (non-hydrogen) atoms. The molecule has 0 saturated carbocycles. The van der Waals surface area contributed by atoms with E-state index in [-0.39, 0.29) is 23.0 Å². The number of benzene rings is 2. The van der Waals surface area contributed by atoms with E-state index in [0.29, 0.717) is 5.82 Å². The van der Waals surface area contributed by atoms with Crippen molar-refractivity contribution < 1.29 is 22.5 Å². The molecule has 0 aliphatic carbocycles. The molecule has 7 nitrogen and oxygen atoms in total. The molecule has 0 saturated heterocycles. The molecule has 0 fully saturated rings. The van der Waals surface area contributed by atoms with E-state index in [0.717, 1.165) is 11.8 Å². The van der Waals surface area contributed by atoms with Crippen LogP contribution in [-0.2, 0) is 21.2 Å². The predicted molar refractivity (Wildman–Crippen MR) is 88.4 cm³/mol. The molecule has 0 unspecified atom stereocenters. The van der Waals surface area contributed by atoms with Crippen LogP contribution in [0, 0.1) is 0 Å². The largest absolute Gasteiger partial charge is 0.452 e. The van der Waals surface area contributed by atoms with E-state index in [1.807, 2.05) is 30.3 Å². The summed E-state index contributed by atoms with van der Waals surface area (Å²) in [6, 6.07) is 15.0. The van der Waals surface area contributed by atoms with Crippen LogP contribution in [0.5, 0.6) is 0 Å². The number of hydrogen-bond donors (Lipinski definition) is 0. The van der Waals surface area contributed by atoms with Gasteiger partial charge in [0.2, 0.25) is 5.82 Å². The van der Waals surface area contributed by atoms with Crippen LogP contribution in [0.15, 0.2) is 64.0 Å². The highest BCUT2D eigenvalue weighted by Gasteiger charge is 2.20. The van der Waals surface area contributed by atoms with E-state index >= 15 is 0 Å². The lowest BCUT2D eigenvalue weighted by Crippen LogP contribution is -2.11. The van der Waals surface area contributed by atoms with E-state index in [4.69, 9.17) is 9.26 Å². The molecule has 3 rings (SSSR count). The summed E-state index contributed by atoms with van der Waals surface area (Å²) < 4.78 is 33.6. The molecule has 2 aromatic carbocycles. The number of nitrogens with zero attached hydrogens (tertiary/aromatic N) is 2. The number of esters is 1. The number of carbonyl (C=O) groups is 1. The first-order valence-corrected chi connectivity index (χ1v) is 9.18. The molecule has 8 heteroatoms. The highest BCUT2D eigenvalue weighted by atomic mass is 32.2. The molecule has 0 aliphatic heterocycles. The SMILES string of the molecule is CS(=O)(=O)c1ccccc1C(=O)OCc1nc(-c2ccccc2)no1. The van der Waals surface area contributed by atoms with Crippen LogP contribution < -0.4 is 0 Å². The summed E-state index contributed by atoms with van der Waals surface area (Å²) in [5.41, 5.74) is 0.735. The zero-order valence-electron chi connectivity index (χ0n) is 13.2. The molecule has 1 aromatic heterocycles. The maximum atomic E-state index is 12.2. The van der Waals surface area contributed by atoms with Gasteiger partial charge in [0, 0.05) is 11.8 Å². The molecule has 0 spiro atoms. The summed E-state index contributed by atoms with van der Waals surface area (Å²) in [5.74, 6) is -0.285. The van der Waals surface area contributed by atoms with Gasteiger partial charge in [0.25, 0.3) is 5.89 Å². The molecule has 0 bridgehead atoms. The standard InChI is InChI=1S/C17H14N2O5S/c1-25(21,22)14-10-6-5-9-13(14)17(20)23-11-15-18-16(19-24-15)12-7-3-2-4-8-12/h2-10H,11H2,1H3. The first-order valence-electron chi connectivity index (χ1n) is 7.29. The van der Waals surface area contributed by atoms with Gasteiger partial charge in [0.05, 0.1) is 10.5 Å². The van der Waals surface area contributed by atoms with Crippen LogP contribution in [0.25, 0.3) is 11.4 Å². The van der Waals surface area contributed by atoms with Crippen molar-refractivity contribution in [3.05, 3.63) is 66.1 Å². The zero-order valence-corrected chi connectivity index (χ0v) is 14.1. The Morgan fingerprint density at radius 2 is 1.76 bits per heavy atom. The van der Waals surface area contributed by atoms with E-state index in [1.54, 1.807) is 6.07 Å². The average molecular weight is 358 g/mol. The van der Waals surface area contributed by atoms with E-state index in [9.17, 15) is 13.2 Å². The third kappa shape index (κ3) is 3.92. The van der Waals surface area contributed by atoms with Crippen LogP contribution in [0.3, 0.4) is 0 Å². The summed E-state index contributed by atoms with van der Waals surface area (Å²) in [6.45, 7) is -0.253. The first kappa shape index (κ1) is 16.8. The molecular weight excluding hydrogens is 344 g/mol. The van der Waals surface area contributed by atoms with Gasteiger partial charge in [-0.15, -0.1) is 0 Å². The van der Waals surface area contributed by atoms with Crippen molar-refractivity contribution in [2.45, 2.75) is 11.5 Å². The van der Waals surface area contributed by atoms with Crippen LogP contribution in [-0.4, -0.2) is 30.8 Å². The van der Waals surface area contributed by atoms with Gasteiger partial charge in [-0.05, 0) is 12.1 Å². The van der Waals surface area contributed by atoms with Crippen LogP contribution in [0.1, 0.15) is 16.2 Å². The van der Waals surface area contributed by atoms with Crippen molar-refractivity contribution in [1.82, 2.24) is 10.1 Å². The number of rotatable bonds is 5. The van der Waals surface area contributed by atoms with Crippen molar-refractivity contribution in [2.24, 2.45) is 0 Å². The summed E-state index contributed by atoms with van der Waals surface area (Å²) >= 11 is 0. The minimum Gasteiger partial charge on any atom is -0.452 e. The van der Waals surface area contributed by atoms with Crippen molar-refractivity contribution in [3.63, 3.8) is 0 Å². The number of sulfone groups is 1. The highest BCUT2D eigenvalue weighted by molar-refractivity contribution is 7.90. The first-order chi connectivity index (χ1) is 11.9. The third-order valence-electron chi connectivity index (χ3n) is 3.33. The second-order valence-corrected chi connectivity index (χ2v) is 7.21. The van der Waals surface area contributed by atoms with Crippen LogP contribution in [0.4, 0.5) is 0 Å². The summed E-state index contributed by atoms with van der Waals surface area (Å²) in [4.78, 5) is 16.2. The topological polar surface area (TPSA) is 99.4 Å². The Labute approximate surface area is 144 Å². The predicted octanol–water partition coefficient (Wildman–Crippen LogP) is 2.50. The minimum atomic E-state index is -3.55. The maximum Gasteiger partial charge on any atom is 0.339 e. The van der Waals surface area contributed by atoms with Crippen molar-refractivity contribution >= 4 is 15.8 Å². The molecule has 1 heterocycles. The quantitative estimate of drug-likeness (QED) is 0.646. The molecule has 0 N–H and O–H groups in total. The number of hydrogen-bond acceptors (Lipinski definition) is 7. The van der Waals surface area contributed by atoms with Gasteiger partial charge in [0.1, 0.15) is 0 Å². The van der Waals surface area contributed by atoms with Gasteiger partial charge in [-0.1, -0.05) is 47.6 Å². The van der Waals surface area contributed by atoms with Crippen molar-refractivity contribution in [2.75, 3.05) is 6.26 Å². The fourth-order valence-electron chi connectivity index (χ4n) is 2.18. The lowest BCUT2D eigenvalue weighted by molar-refractivity contribution is 0.0425. The second-order valence-electron chi connectivity index (χ2n) is 5.22. The lowest BCUT2D eigenvalue weighted by atomic mass is 10.2. The number of carbonyl (C=O) groups excluding carboxylic acids is 1. The molecule has 0 aliphatic rings. The van der Waals surface area contributed by atoms with E-state index < -0.39 is 15.8 Å². The van der Waals surface area contributed by atoms with Crippen molar-refractivity contribution in [1.29, 1.82) is 0 Å². The zero-order chi connectivity index (χ0) is 17.9. The fourth-order valence-corrected chi connectivity index (χ4v) is 3.06. The molecule has 3 aromatic rings. The average Bonchev–Trinajstić information content (AvgIpc) is 3.09. The summed E-state index contributed by atoms with van der Waals surface area (Å²) in [7, 11) is -3.55. The van der Waals surface area contributed by atoms with Crippen LogP contribution in [0.2, 0.25) is 0 Å². The minimum absolute atomic E-state index is 0.0344. The summed E-state index contributed by atoms with van der Waals surface area (Å²) in [6.07, 6.45) is 1.03. The maximum absolute atomic E-state index is 12.2. The van der Waals surface area contributed by atoms with Gasteiger partial charge in [-0.3, -0.25) is 0 Å². The Morgan fingerprint density at radius 3 is 2.48 bits per heavy atom. The number of aromatic nitrogens is 2. The Hall–Kier alpha value is -3.00. The Kier molecular flexibility index (Phi) is 4.62. The van der Waals surface area contributed by atoms with Gasteiger partial charge in [-0.2, -0.15) is 4.98 Å². The molecule has 128 valence electrons. The second kappa shape index (κ2) is 6.86. The van der Waals surface area contributed by atoms with Crippen molar-refractivity contribution in [3.8, 4) is 11.4 Å². The smallest absolute Gasteiger partial charge is 0.339 e. The number of ether oxygens (including phenoxy) is 1. The Bertz CT molecular complexity index is 997. The van der Waals surface area contributed by atoms with Gasteiger partial charge in [0.15, 0.2) is 16.4 Å². The van der Waals surface area contributed by atoms with Gasteiger partial charge in [-0.25, -0.2) is 13.2 Å². The van der Waals surface area contributed by atoms with Gasteiger partial charge < -0.3 is 9.26 Å². The molecule has 0 amide bonds. The molecular formula is C17H14N2O5S. The van der Waals surface area contributed by atoms with E-state index in [2.05, 4.69) is 10.1 Å². The normalized spacial score (nSPS) is 11.2. The van der Waals surface area contributed by atoms with E-state index in [1.165, 1.54) is 18.2 Å².